The van der Waals surface area contributed by atoms with Crippen LogP contribution in [0.5, 0.6) is 0 Å². The van der Waals surface area contributed by atoms with Crippen LogP contribution in [0.25, 0.3) is 10.8 Å². The highest BCUT2D eigenvalue weighted by molar-refractivity contribution is 5.90. The molecule has 0 spiro atoms. The Morgan fingerprint density at radius 3 is 2.70 bits per heavy atom. The Hall–Kier alpha value is -2.42. The van der Waals surface area contributed by atoms with Crippen LogP contribution in [-0.2, 0) is 6.42 Å². The molecule has 0 saturated carbocycles. The quantitative estimate of drug-likeness (QED) is 0.781. The van der Waals surface area contributed by atoms with Crippen LogP contribution in [0, 0.1) is 6.92 Å². The molecule has 0 aliphatic heterocycles. The van der Waals surface area contributed by atoms with Crippen molar-refractivity contribution in [3.05, 3.63) is 65.9 Å². The van der Waals surface area contributed by atoms with Crippen LogP contribution in [0.3, 0.4) is 0 Å². The first kappa shape index (κ1) is 12.6. The number of nitrogens with zero attached hydrogens (tertiary/aromatic N) is 2. The third-order valence-electron chi connectivity index (χ3n) is 3.52. The Morgan fingerprint density at radius 2 is 1.80 bits per heavy atom. The number of fused-ring (bicyclic) bond motifs is 1. The number of hydrogen-bond donors (Lipinski definition) is 1. The van der Waals surface area contributed by atoms with Gasteiger partial charge in [-0.25, -0.2) is 0 Å². The molecule has 3 heteroatoms. The Morgan fingerprint density at radius 1 is 1.00 bits per heavy atom. The fourth-order valence-corrected chi connectivity index (χ4v) is 2.36. The van der Waals surface area contributed by atoms with Gasteiger partial charge < -0.3 is 5.32 Å². The second kappa shape index (κ2) is 5.70. The van der Waals surface area contributed by atoms with Crippen molar-refractivity contribution in [2.45, 2.75) is 13.3 Å². The highest BCUT2D eigenvalue weighted by Crippen LogP contribution is 2.19. The number of aromatic nitrogens is 2. The summed E-state index contributed by atoms with van der Waals surface area (Å²) < 4.78 is 0. The summed E-state index contributed by atoms with van der Waals surface area (Å²) >= 11 is 0. The molecular weight excluding hydrogens is 246 g/mol. The van der Waals surface area contributed by atoms with E-state index in [0.717, 1.165) is 29.6 Å². The predicted molar refractivity (Wildman–Crippen MR) is 82.9 cm³/mol. The standard InChI is InChI=1S/C17H17N3/c1-13-6-2-3-7-14(13)10-11-18-17-16-9-5-4-8-15(16)12-19-20-17/h2-9,12H,10-11H2,1H3,(H,18,20). The summed E-state index contributed by atoms with van der Waals surface area (Å²) in [5.41, 5.74) is 2.70. The van der Waals surface area contributed by atoms with E-state index in [2.05, 4.69) is 58.8 Å². The number of benzene rings is 2. The maximum atomic E-state index is 4.20. The van der Waals surface area contributed by atoms with Crippen molar-refractivity contribution in [2.24, 2.45) is 0 Å². The molecule has 3 aromatic rings. The molecule has 1 heterocycles. The fraction of sp³-hybridized carbons (Fsp3) is 0.176. The van der Waals surface area contributed by atoms with Crippen LogP contribution in [-0.4, -0.2) is 16.7 Å². The largest absolute Gasteiger partial charge is 0.368 e. The molecule has 20 heavy (non-hydrogen) atoms. The molecule has 1 N–H and O–H groups in total. The maximum absolute atomic E-state index is 4.20. The van der Waals surface area contributed by atoms with Gasteiger partial charge in [0.2, 0.25) is 0 Å². The van der Waals surface area contributed by atoms with Crippen LogP contribution in [0.15, 0.2) is 54.7 Å². The lowest BCUT2D eigenvalue weighted by Gasteiger charge is -2.09. The van der Waals surface area contributed by atoms with Crippen LogP contribution in [0.2, 0.25) is 0 Å². The molecule has 0 aliphatic carbocycles. The smallest absolute Gasteiger partial charge is 0.156 e. The number of anilines is 1. The first-order valence-electron chi connectivity index (χ1n) is 6.83. The monoisotopic (exact) mass is 263 g/mol. The first-order chi connectivity index (χ1) is 9.84. The van der Waals surface area contributed by atoms with Crippen molar-refractivity contribution in [1.82, 2.24) is 10.2 Å². The first-order valence-corrected chi connectivity index (χ1v) is 6.83. The van der Waals surface area contributed by atoms with Gasteiger partial charge in [-0.1, -0.05) is 48.5 Å². The molecule has 3 nitrogen and oxygen atoms in total. The molecule has 1 aromatic heterocycles. The van der Waals surface area contributed by atoms with Gasteiger partial charge >= 0.3 is 0 Å². The molecule has 0 saturated heterocycles. The van der Waals surface area contributed by atoms with E-state index in [4.69, 9.17) is 0 Å². The third kappa shape index (κ3) is 2.62. The topological polar surface area (TPSA) is 37.8 Å². The van der Waals surface area contributed by atoms with Gasteiger partial charge in [0.1, 0.15) is 0 Å². The van der Waals surface area contributed by atoms with Crippen molar-refractivity contribution in [2.75, 3.05) is 11.9 Å². The summed E-state index contributed by atoms with van der Waals surface area (Å²) in [6.07, 6.45) is 2.78. The molecule has 3 rings (SSSR count). The molecule has 0 unspecified atom stereocenters. The van der Waals surface area contributed by atoms with Crippen LogP contribution < -0.4 is 5.32 Å². The Balaban J connectivity index is 1.73. The third-order valence-corrected chi connectivity index (χ3v) is 3.52. The second-order valence-electron chi connectivity index (χ2n) is 4.88. The average molecular weight is 263 g/mol. The molecule has 0 atom stereocenters. The lowest BCUT2D eigenvalue weighted by atomic mass is 10.1. The van der Waals surface area contributed by atoms with Crippen molar-refractivity contribution < 1.29 is 0 Å². The van der Waals surface area contributed by atoms with Gasteiger partial charge in [-0.15, -0.1) is 5.10 Å². The fourth-order valence-electron chi connectivity index (χ4n) is 2.36. The molecule has 0 radical (unpaired) electrons. The summed E-state index contributed by atoms with van der Waals surface area (Å²) in [7, 11) is 0. The molecule has 0 fully saturated rings. The lowest BCUT2D eigenvalue weighted by molar-refractivity contribution is 0.969. The van der Waals surface area contributed by atoms with E-state index in [0.29, 0.717) is 0 Å². The minimum absolute atomic E-state index is 0.855. The lowest BCUT2D eigenvalue weighted by Crippen LogP contribution is -2.08. The van der Waals surface area contributed by atoms with Crippen LogP contribution in [0.1, 0.15) is 11.1 Å². The highest BCUT2D eigenvalue weighted by Gasteiger charge is 2.02. The molecule has 0 amide bonds. The van der Waals surface area contributed by atoms with E-state index in [-0.39, 0.29) is 0 Å². The van der Waals surface area contributed by atoms with Crippen molar-refractivity contribution in [3.63, 3.8) is 0 Å². The Bertz CT molecular complexity index is 717. The number of aryl methyl sites for hydroxylation is 1. The van der Waals surface area contributed by atoms with Gasteiger partial charge in [-0.05, 0) is 24.5 Å². The molecule has 0 aliphatic rings. The molecule has 100 valence electrons. The van der Waals surface area contributed by atoms with Gasteiger partial charge in [0, 0.05) is 17.3 Å². The van der Waals surface area contributed by atoms with E-state index < -0.39 is 0 Å². The zero-order valence-electron chi connectivity index (χ0n) is 11.5. The van der Waals surface area contributed by atoms with Crippen LogP contribution in [0.4, 0.5) is 5.82 Å². The summed E-state index contributed by atoms with van der Waals surface area (Å²) in [6, 6.07) is 16.6. The second-order valence-corrected chi connectivity index (χ2v) is 4.88. The van der Waals surface area contributed by atoms with E-state index in [1.807, 2.05) is 12.1 Å². The summed E-state index contributed by atoms with van der Waals surface area (Å²) in [4.78, 5) is 0. The molecular formula is C17H17N3. The summed E-state index contributed by atoms with van der Waals surface area (Å²) in [6.45, 7) is 3.00. The molecule has 2 aromatic carbocycles. The highest BCUT2D eigenvalue weighted by atomic mass is 15.2. The van der Waals surface area contributed by atoms with E-state index in [1.54, 1.807) is 6.20 Å². The zero-order chi connectivity index (χ0) is 13.8. The molecule has 0 bridgehead atoms. The van der Waals surface area contributed by atoms with E-state index >= 15 is 0 Å². The van der Waals surface area contributed by atoms with Crippen molar-refractivity contribution in [1.29, 1.82) is 0 Å². The zero-order valence-corrected chi connectivity index (χ0v) is 11.5. The maximum Gasteiger partial charge on any atom is 0.156 e. The number of hydrogen-bond acceptors (Lipinski definition) is 3. The van der Waals surface area contributed by atoms with E-state index in [1.165, 1.54) is 11.1 Å². The minimum Gasteiger partial charge on any atom is -0.368 e. The summed E-state index contributed by atoms with van der Waals surface area (Å²) in [5, 5.41) is 13.9. The van der Waals surface area contributed by atoms with Crippen molar-refractivity contribution in [3.8, 4) is 0 Å². The van der Waals surface area contributed by atoms with Gasteiger partial charge in [-0.2, -0.15) is 5.10 Å². The minimum atomic E-state index is 0.855. The van der Waals surface area contributed by atoms with Gasteiger partial charge in [-0.3, -0.25) is 0 Å². The predicted octanol–water partition coefficient (Wildman–Crippen LogP) is 3.59. The average Bonchev–Trinajstić information content (AvgIpc) is 2.49. The number of nitrogens with one attached hydrogen (secondary N) is 1. The van der Waals surface area contributed by atoms with Gasteiger partial charge in [0.05, 0.1) is 6.20 Å². The van der Waals surface area contributed by atoms with Crippen LogP contribution >= 0.6 is 0 Å². The SMILES string of the molecule is Cc1ccccc1CCNc1nncc2ccccc12. The normalized spacial score (nSPS) is 10.7. The Labute approximate surface area is 118 Å². The van der Waals surface area contributed by atoms with Gasteiger partial charge in [0.15, 0.2) is 5.82 Å². The van der Waals surface area contributed by atoms with E-state index in [9.17, 15) is 0 Å². The van der Waals surface area contributed by atoms with Crippen molar-refractivity contribution >= 4 is 16.6 Å². The van der Waals surface area contributed by atoms with Gasteiger partial charge in [0.25, 0.3) is 0 Å². The Kier molecular flexibility index (Phi) is 3.59. The summed E-state index contributed by atoms with van der Waals surface area (Å²) in [5.74, 6) is 0.858. The number of rotatable bonds is 4.